The summed E-state index contributed by atoms with van der Waals surface area (Å²) >= 11 is 3.35. The third-order valence-corrected chi connectivity index (χ3v) is 3.70. The molecule has 2 aromatic carbocycles. The molecule has 106 valence electrons. The Morgan fingerprint density at radius 2 is 1.90 bits per heavy atom. The number of hydrogen-bond donors (Lipinski definition) is 1. The highest BCUT2D eigenvalue weighted by Gasteiger charge is 2.09. The lowest BCUT2D eigenvalue weighted by molar-refractivity contribution is 0.139. The Hall–Kier alpha value is -1.39. The molecule has 0 radical (unpaired) electrons. The van der Waals surface area contributed by atoms with Gasteiger partial charge in [0.25, 0.3) is 0 Å². The minimum atomic E-state index is -0.559. The first-order valence-electron chi connectivity index (χ1n) is 6.45. The molecule has 0 aliphatic carbocycles. The lowest BCUT2D eigenvalue weighted by atomic mass is 10.1. The molecule has 1 atom stereocenters. The molecule has 0 saturated heterocycles. The van der Waals surface area contributed by atoms with E-state index in [-0.39, 0.29) is 5.82 Å². The molecule has 0 aliphatic rings. The van der Waals surface area contributed by atoms with Crippen LogP contribution >= 0.6 is 15.9 Å². The number of ether oxygens (including phenoxy) is 1. The number of benzene rings is 2. The van der Waals surface area contributed by atoms with Crippen LogP contribution in [-0.4, -0.2) is 17.8 Å². The summed E-state index contributed by atoms with van der Waals surface area (Å²) in [6, 6.07) is 13.9. The van der Waals surface area contributed by atoms with Gasteiger partial charge >= 0.3 is 0 Å². The van der Waals surface area contributed by atoms with E-state index in [1.165, 1.54) is 12.1 Å². The largest absolute Gasteiger partial charge is 0.493 e. The third kappa shape index (κ3) is 4.62. The lowest BCUT2D eigenvalue weighted by Gasteiger charge is -2.13. The second-order valence-corrected chi connectivity index (χ2v) is 5.40. The third-order valence-electron chi connectivity index (χ3n) is 2.93. The van der Waals surface area contributed by atoms with Crippen LogP contribution in [0.1, 0.15) is 12.0 Å². The van der Waals surface area contributed by atoms with Crippen molar-refractivity contribution in [1.29, 1.82) is 0 Å². The van der Waals surface area contributed by atoms with Crippen molar-refractivity contribution in [1.82, 2.24) is 0 Å². The molecule has 1 N–H and O–H groups in total. The molecule has 0 amide bonds. The average Bonchev–Trinajstić information content (AvgIpc) is 2.44. The van der Waals surface area contributed by atoms with Crippen molar-refractivity contribution in [2.75, 3.05) is 6.61 Å². The molecule has 0 spiro atoms. The number of rotatable bonds is 6. The van der Waals surface area contributed by atoms with Gasteiger partial charge in [0, 0.05) is 10.9 Å². The van der Waals surface area contributed by atoms with Crippen LogP contribution in [0.2, 0.25) is 0 Å². The van der Waals surface area contributed by atoms with E-state index in [0.29, 0.717) is 19.4 Å². The van der Waals surface area contributed by atoms with Gasteiger partial charge in [-0.15, -0.1) is 0 Å². The molecule has 0 aromatic heterocycles. The van der Waals surface area contributed by atoms with Crippen LogP contribution in [0.3, 0.4) is 0 Å². The van der Waals surface area contributed by atoms with Crippen molar-refractivity contribution >= 4 is 15.9 Å². The monoisotopic (exact) mass is 338 g/mol. The maximum absolute atomic E-state index is 13.1. The Kier molecular flexibility index (Phi) is 5.56. The van der Waals surface area contributed by atoms with Crippen molar-refractivity contribution < 1.29 is 14.2 Å². The maximum Gasteiger partial charge on any atom is 0.123 e. The van der Waals surface area contributed by atoms with Gasteiger partial charge in [-0.2, -0.15) is 0 Å². The highest BCUT2D eigenvalue weighted by molar-refractivity contribution is 9.10. The normalized spacial score (nSPS) is 12.2. The summed E-state index contributed by atoms with van der Waals surface area (Å²) < 4.78 is 19.5. The molecular formula is C16H16BrFO2. The molecule has 20 heavy (non-hydrogen) atoms. The molecule has 2 nitrogen and oxygen atoms in total. The van der Waals surface area contributed by atoms with Gasteiger partial charge in [-0.3, -0.25) is 0 Å². The van der Waals surface area contributed by atoms with Gasteiger partial charge in [0.2, 0.25) is 0 Å². The van der Waals surface area contributed by atoms with E-state index in [9.17, 15) is 9.50 Å². The van der Waals surface area contributed by atoms with E-state index in [1.807, 2.05) is 30.3 Å². The Morgan fingerprint density at radius 1 is 1.15 bits per heavy atom. The van der Waals surface area contributed by atoms with Crippen molar-refractivity contribution in [3.8, 4) is 5.75 Å². The fourth-order valence-electron chi connectivity index (χ4n) is 1.89. The minimum absolute atomic E-state index is 0.295. The minimum Gasteiger partial charge on any atom is -0.493 e. The molecule has 2 rings (SSSR count). The quantitative estimate of drug-likeness (QED) is 0.863. The number of aliphatic hydroxyl groups is 1. The molecule has 0 fully saturated rings. The van der Waals surface area contributed by atoms with E-state index in [0.717, 1.165) is 15.8 Å². The second kappa shape index (κ2) is 7.41. The van der Waals surface area contributed by atoms with E-state index < -0.39 is 6.10 Å². The Balaban J connectivity index is 1.80. The van der Waals surface area contributed by atoms with Crippen LogP contribution in [-0.2, 0) is 6.42 Å². The number of para-hydroxylation sites is 1. The molecule has 2 aromatic rings. The summed E-state index contributed by atoms with van der Waals surface area (Å²) in [5.74, 6) is 0.488. The molecule has 0 aliphatic heterocycles. The molecule has 0 bridgehead atoms. The fourth-order valence-corrected chi connectivity index (χ4v) is 2.29. The molecule has 1 unspecified atom stereocenters. The first kappa shape index (κ1) is 15.0. The van der Waals surface area contributed by atoms with Gasteiger partial charge in [-0.05, 0) is 42.3 Å². The van der Waals surface area contributed by atoms with E-state index >= 15 is 0 Å². The molecule has 0 saturated carbocycles. The topological polar surface area (TPSA) is 29.5 Å². The first-order valence-corrected chi connectivity index (χ1v) is 7.24. The van der Waals surface area contributed by atoms with Gasteiger partial charge in [-0.25, -0.2) is 4.39 Å². The van der Waals surface area contributed by atoms with Crippen molar-refractivity contribution in [2.45, 2.75) is 18.9 Å². The van der Waals surface area contributed by atoms with E-state index in [2.05, 4.69) is 15.9 Å². The summed E-state index contributed by atoms with van der Waals surface area (Å²) in [5, 5.41) is 9.97. The predicted molar refractivity (Wildman–Crippen MR) is 80.4 cm³/mol. The van der Waals surface area contributed by atoms with Crippen molar-refractivity contribution in [3.05, 3.63) is 64.4 Å². The van der Waals surface area contributed by atoms with Gasteiger partial charge < -0.3 is 9.84 Å². The van der Waals surface area contributed by atoms with Crippen molar-refractivity contribution in [2.24, 2.45) is 0 Å². The summed E-state index contributed by atoms with van der Waals surface area (Å²) in [6.07, 6.45) is 0.339. The predicted octanol–water partition coefficient (Wildman–Crippen LogP) is 3.96. The highest BCUT2D eigenvalue weighted by Crippen LogP contribution is 2.20. The number of hydrogen-bond acceptors (Lipinski definition) is 2. The Labute approximate surface area is 126 Å². The van der Waals surface area contributed by atoms with E-state index in [1.54, 1.807) is 6.07 Å². The van der Waals surface area contributed by atoms with Gasteiger partial charge in [-0.1, -0.05) is 34.1 Å². The second-order valence-electron chi connectivity index (χ2n) is 4.54. The summed E-state index contributed by atoms with van der Waals surface area (Å²) in [4.78, 5) is 0. The average molecular weight is 339 g/mol. The van der Waals surface area contributed by atoms with Gasteiger partial charge in [0.05, 0.1) is 12.7 Å². The van der Waals surface area contributed by atoms with E-state index in [4.69, 9.17) is 4.74 Å². The number of halogens is 2. The SMILES string of the molecule is OC(CCOc1ccccc1)Cc1cc(F)ccc1Br. The smallest absolute Gasteiger partial charge is 0.123 e. The zero-order chi connectivity index (χ0) is 14.4. The van der Waals surface area contributed by atoms with Gasteiger partial charge in [0.1, 0.15) is 11.6 Å². The maximum atomic E-state index is 13.1. The molecular weight excluding hydrogens is 323 g/mol. The lowest BCUT2D eigenvalue weighted by Crippen LogP contribution is -2.15. The zero-order valence-corrected chi connectivity index (χ0v) is 12.5. The Bertz CT molecular complexity index is 545. The van der Waals surface area contributed by atoms with Crippen LogP contribution in [0.25, 0.3) is 0 Å². The highest BCUT2D eigenvalue weighted by atomic mass is 79.9. The standard InChI is InChI=1S/C16H16BrFO2/c17-16-7-6-13(18)10-12(16)11-14(19)8-9-20-15-4-2-1-3-5-15/h1-7,10,14,19H,8-9,11H2. The van der Waals surface area contributed by atoms with Crippen LogP contribution in [0, 0.1) is 5.82 Å². The summed E-state index contributed by atoms with van der Waals surface area (Å²) in [5.41, 5.74) is 0.761. The molecule has 4 heteroatoms. The fraction of sp³-hybridized carbons (Fsp3) is 0.250. The van der Waals surface area contributed by atoms with Crippen LogP contribution < -0.4 is 4.74 Å². The van der Waals surface area contributed by atoms with Gasteiger partial charge in [0.15, 0.2) is 0 Å². The molecule has 0 heterocycles. The van der Waals surface area contributed by atoms with Crippen LogP contribution in [0.15, 0.2) is 53.0 Å². The zero-order valence-electron chi connectivity index (χ0n) is 10.9. The van der Waals surface area contributed by atoms with Crippen LogP contribution in [0.4, 0.5) is 4.39 Å². The van der Waals surface area contributed by atoms with Crippen molar-refractivity contribution in [3.63, 3.8) is 0 Å². The number of aliphatic hydroxyl groups excluding tert-OH is 1. The first-order chi connectivity index (χ1) is 9.65. The van der Waals surface area contributed by atoms with Crippen LogP contribution in [0.5, 0.6) is 5.75 Å². The summed E-state index contributed by atoms with van der Waals surface area (Å²) in [7, 11) is 0. The summed E-state index contributed by atoms with van der Waals surface area (Å²) in [6.45, 7) is 0.429. The Morgan fingerprint density at radius 3 is 2.65 bits per heavy atom.